The van der Waals surface area contributed by atoms with Crippen LogP contribution in [-0.4, -0.2) is 23.9 Å². The first-order chi connectivity index (χ1) is 8.85. The third kappa shape index (κ3) is 2.90. The van der Waals surface area contributed by atoms with Gasteiger partial charge in [0.1, 0.15) is 5.75 Å². The highest BCUT2D eigenvalue weighted by Crippen LogP contribution is 2.24. The summed E-state index contributed by atoms with van der Waals surface area (Å²) in [4.78, 5) is 0. The van der Waals surface area contributed by atoms with Crippen LogP contribution in [0.3, 0.4) is 0 Å². The average Bonchev–Trinajstić information content (AvgIpc) is 2.87. The smallest absolute Gasteiger partial charge is 0.119 e. The molecule has 0 amide bonds. The molecule has 0 atom stereocenters. The highest BCUT2D eigenvalue weighted by molar-refractivity contribution is 5.64. The van der Waals surface area contributed by atoms with E-state index < -0.39 is 0 Å². The second-order valence-electron chi connectivity index (χ2n) is 4.18. The van der Waals surface area contributed by atoms with Gasteiger partial charge < -0.3 is 10.1 Å². The first kappa shape index (κ1) is 12.6. The van der Waals surface area contributed by atoms with Crippen LogP contribution in [0.2, 0.25) is 0 Å². The normalized spacial score (nSPS) is 10.6. The summed E-state index contributed by atoms with van der Waals surface area (Å²) in [5.41, 5.74) is 3.33. The molecular formula is C14H19N3O. The molecule has 4 nitrogen and oxygen atoms in total. The van der Waals surface area contributed by atoms with E-state index in [0.717, 1.165) is 36.5 Å². The van der Waals surface area contributed by atoms with E-state index in [1.54, 1.807) is 7.11 Å². The fourth-order valence-electron chi connectivity index (χ4n) is 1.87. The van der Waals surface area contributed by atoms with Crippen LogP contribution in [0.4, 0.5) is 0 Å². The molecule has 0 fully saturated rings. The molecule has 0 aliphatic rings. The summed E-state index contributed by atoms with van der Waals surface area (Å²) < 4.78 is 5.24. The Balaban J connectivity index is 2.19. The number of hydrogen-bond acceptors (Lipinski definition) is 3. The maximum atomic E-state index is 5.24. The van der Waals surface area contributed by atoms with Crippen LogP contribution >= 0.6 is 0 Å². The molecule has 2 rings (SSSR count). The highest BCUT2D eigenvalue weighted by atomic mass is 16.5. The Morgan fingerprint density at radius 1 is 1.39 bits per heavy atom. The topological polar surface area (TPSA) is 49.9 Å². The van der Waals surface area contributed by atoms with Crippen LogP contribution in [-0.2, 0) is 6.54 Å². The van der Waals surface area contributed by atoms with Gasteiger partial charge in [0.15, 0.2) is 0 Å². The van der Waals surface area contributed by atoms with Gasteiger partial charge in [-0.25, -0.2) is 0 Å². The molecule has 1 aromatic heterocycles. The zero-order chi connectivity index (χ0) is 12.8. The Labute approximate surface area is 107 Å². The molecule has 0 saturated carbocycles. The molecule has 1 aromatic carbocycles. The molecule has 0 unspecified atom stereocenters. The molecule has 1 heterocycles. The Bertz CT molecular complexity index is 493. The van der Waals surface area contributed by atoms with Gasteiger partial charge in [0, 0.05) is 17.7 Å². The monoisotopic (exact) mass is 245 g/mol. The lowest BCUT2D eigenvalue weighted by molar-refractivity contribution is 0.415. The third-order valence-electron chi connectivity index (χ3n) is 2.82. The van der Waals surface area contributed by atoms with Gasteiger partial charge in [-0.15, -0.1) is 0 Å². The minimum Gasteiger partial charge on any atom is -0.497 e. The van der Waals surface area contributed by atoms with Crippen molar-refractivity contribution >= 4 is 0 Å². The van der Waals surface area contributed by atoms with Crippen LogP contribution in [0.5, 0.6) is 5.75 Å². The Morgan fingerprint density at radius 2 is 2.28 bits per heavy atom. The maximum Gasteiger partial charge on any atom is 0.119 e. The van der Waals surface area contributed by atoms with Gasteiger partial charge in [-0.1, -0.05) is 19.1 Å². The van der Waals surface area contributed by atoms with Gasteiger partial charge in [0.25, 0.3) is 0 Å². The number of nitrogens with one attached hydrogen (secondary N) is 2. The summed E-state index contributed by atoms with van der Waals surface area (Å²) in [7, 11) is 1.68. The van der Waals surface area contributed by atoms with Crippen molar-refractivity contribution < 1.29 is 4.74 Å². The molecular weight excluding hydrogens is 226 g/mol. The second kappa shape index (κ2) is 6.21. The van der Waals surface area contributed by atoms with E-state index >= 15 is 0 Å². The number of aromatic amines is 1. The van der Waals surface area contributed by atoms with Gasteiger partial charge in [-0.2, -0.15) is 5.10 Å². The molecule has 0 bridgehead atoms. The van der Waals surface area contributed by atoms with Crippen molar-refractivity contribution in [3.8, 4) is 17.0 Å². The summed E-state index contributed by atoms with van der Waals surface area (Å²) >= 11 is 0. The van der Waals surface area contributed by atoms with E-state index in [4.69, 9.17) is 4.74 Å². The van der Waals surface area contributed by atoms with Gasteiger partial charge >= 0.3 is 0 Å². The molecule has 0 radical (unpaired) electrons. The Hall–Kier alpha value is -1.81. The fourth-order valence-corrected chi connectivity index (χ4v) is 1.87. The Morgan fingerprint density at radius 3 is 3.06 bits per heavy atom. The molecule has 0 spiro atoms. The van der Waals surface area contributed by atoms with Gasteiger partial charge in [0.2, 0.25) is 0 Å². The van der Waals surface area contributed by atoms with E-state index in [1.165, 1.54) is 5.56 Å². The van der Waals surface area contributed by atoms with E-state index in [9.17, 15) is 0 Å². The zero-order valence-electron chi connectivity index (χ0n) is 10.9. The minimum absolute atomic E-state index is 0.830. The number of H-pyrrole nitrogens is 1. The number of nitrogens with zero attached hydrogens (tertiary/aromatic N) is 1. The second-order valence-corrected chi connectivity index (χ2v) is 4.18. The largest absolute Gasteiger partial charge is 0.497 e. The molecule has 96 valence electrons. The van der Waals surface area contributed by atoms with Gasteiger partial charge in [0.05, 0.1) is 19.0 Å². The molecule has 0 saturated heterocycles. The molecule has 18 heavy (non-hydrogen) atoms. The van der Waals surface area contributed by atoms with E-state index in [2.05, 4.69) is 28.5 Å². The predicted octanol–water partition coefficient (Wildman–Crippen LogP) is 2.58. The van der Waals surface area contributed by atoms with E-state index in [0.29, 0.717) is 0 Å². The third-order valence-corrected chi connectivity index (χ3v) is 2.82. The number of ether oxygens (including phenoxy) is 1. The summed E-state index contributed by atoms with van der Waals surface area (Å²) in [6.07, 6.45) is 3.00. The number of aromatic nitrogens is 2. The van der Waals surface area contributed by atoms with E-state index in [1.807, 2.05) is 24.4 Å². The number of benzene rings is 1. The maximum absolute atomic E-state index is 5.24. The van der Waals surface area contributed by atoms with Crippen LogP contribution < -0.4 is 10.1 Å². The fraction of sp³-hybridized carbons (Fsp3) is 0.357. The molecule has 0 aliphatic heterocycles. The van der Waals surface area contributed by atoms with Crippen molar-refractivity contribution in [2.24, 2.45) is 0 Å². The van der Waals surface area contributed by atoms with Gasteiger partial charge in [-0.05, 0) is 25.1 Å². The van der Waals surface area contributed by atoms with Crippen LogP contribution in [0.1, 0.15) is 18.9 Å². The first-order valence-electron chi connectivity index (χ1n) is 6.22. The number of rotatable bonds is 6. The SMILES string of the molecule is CCCNCc1cn[nH]c1-c1cccc(OC)c1. The van der Waals surface area contributed by atoms with Crippen LogP contribution in [0, 0.1) is 0 Å². The summed E-state index contributed by atoms with van der Waals surface area (Å²) in [5.74, 6) is 0.856. The zero-order valence-corrected chi connectivity index (χ0v) is 10.9. The number of hydrogen-bond donors (Lipinski definition) is 2. The lowest BCUT2D eigenvalue weighted by atomic mass is 10.1. The van der Waals surface area contributed by atoms with Crippen LogP contribution in [0.25, 0.3) is 11.3 Å². The van der Waals surface area contributed by atoms with Crippen molar-refractivity contribution in [3.63, 3.8) is 0 Å². The standard InChI is InChI=1S/C14H19N3O/c1-3-7-15-9-12-10-16-17-14(12)11-5-4-6-13(8-11)18-2/h4-6,8,10,15H,3,7,9H2,1-2H3,(H,16,17). The van der Waals surface area contributed by atoms with Crippen molar-refractivity contribution in [1.82, 2.24) is 15.5 Å². The number of methoxy groups -OCH3 is 1. The minimum atomic E-state index is 0.830. The molecule has 0 aliphatic carbocycles. The molecule has 2 aromatic rings. The lowest BCUT2D eigenvalue weighted by Crippen LogP contribution is -2.13. The van der Waals surface area contributed by atoms with Crippen LogP contribution in [0.15, 0.2) is 30.5 Å². The summed E-state index contributed by atoms with van der Waals surface area (Å²) in [5, 5.41) is 10.6. The van der Waals surface area contributed by atoms with E-state index in [-0.39, 0.29) is 0 Å². The van der Waals surface area contributed by atoms with Crippen molar-refractivity contribution in [3.05, 3.63) is 36.0 Å². The van der Waals surface area contributed by atoms with Crippen molar-refractivity contribution in [1.29, 1.82) is 0 Å². The summed E-state index contributed by atoms with van der Waals surface area (Å²) in [6, 6.07) is 7.99. The molecule has 4 heteroatoms. The lowest BCUT2D eigenvalue weighted by Gasteiger charge is -2.06. The highest BCUT2D eigenvalue weighted by Gasteiger charge is 2.07. The predicted molar refractivity (Wildman–Crippen MR) is 72.6 cm³/mol. The molecule has 2 N–H and O–H groups in total. The Kier molecular flexibility index (Phi) is 4.36. The first-order valence-corrected chi connectivity index (χ1v) is 6.22. The van der Waals surface area contributed by atoms with Gasteiger partial charge in [-0.3, -0.25) is 5.10 Å². The quantitative estimate of drug-likeness (QED) is 0.769. The van der Waals surface area contributed by atoms with Crippen molar-refractivity contribution in [2.45, 2.75) is 19.9 Å². The van der Waals surface area contributed by atoms with Crippen molar-refractivity contribution in [2.75, 3.05) is 13.7 Å². The average molecular weight is 245 g/mol. The summed E-state index contributed by atoms with van der Waals surface area (Å²) in [6.45, 7) is 4.00.